The lowest BCUT2D eigenvalue weighted by molar-refractivity contribution is 0.0139. The minimum atomic E-state index is -0.440. The van der Waals surface area contributed by atoms with Gasteiger partial charge in [0.1, 0.15) is 5.60 Å². The van der Waals surface area contributed by atoms with Crippen LogP contribution in [0.25, 0.3) is 5.69 Å². The van der Waals surface area contributed by atoms with Crippen molar-refractivity contribution in [3.05, 3.63) is 48.3 Å². The number of ether oxygens (including phenoxy) is 1. The van der Waals surface area contributed by atoms with Crippen LogP contribution in [0.4, 0.5) is 4.79 Å². The summed E-state index contributed by atoms with van der Waals surface area (Å²) in [6.45, 7) is 9.72. The third-order valence-corrected chi connectivity index (χ3v) is 4.14. The molecule has 0 bridgehead atoms. The molecule has 0 atom stereocenters. The van der Waals surface area contributed by atoms with E-state index in [0.29, 0.717) is 13.1 Å². The highest BCUT2D eigenvalue weighted by molar-refractivity contribution is 5.68. The van der Waals surface area contributed by atoms with E-state index in [9.17, 15) is 4.79 Å². The molecule has 1 saturated heterocycles. The lowest BCUT2D eigenvalue weighted by atomic mass is 10.2. The summed E-state index contributed by atoms with van der Waals surface area (Å²) in [5.74, 6) is 0. The quantitative estimate of drug-likeness (QED) is 0.861. The lowest BCUT2D eigenvalue weighted by Crippen LogP contribution is -2.49. The van der Waals surface area contributed by atoms with Crippen LogP contribution in [0.2, 0.25) is 0 Å². The van der Waals surface area contributed by atoms with Crippen molar-refractivity contribution in [1.82, 2.24) is 19.6 Å². The Bertz CT molecular complexity index is 681. The summed E-state index contributed by atoms with van der Waals surface area (Å²) >= 11 is 0. The van der Waals surface area contributed by atoms with Gasteiger partial charge in [0.15, 0.2) is 0 Å². The molecule has 2 aromatic rings. The van der Waals surface area contributed by atoms with E-state index in [0.717, 1.165) is 25.3 Å². The highest BCUT2D eigenvalue weighted by Crippen LogP contribution is 2.14. The van der Waals surface area contributed by atoms with Gasteiger partial charge >= 0.3 is 6.09 Å². The average molecular weight is 342 g/mol. The van der Waals surface area contributed by atoms with Crippen LogP contribution < -0.4 is 0 Å². The predicted molar refractivity (Wildman–Crippen MR) is 96.6 cm³/mol. The van der Waals surface area contributed by atoms with Crippen LogP contribution >= 0.6 is 0 Å². The Kier molecular flexibility index (Phi) is 5.08. The van der Waals surface area contributed by atoms with Crippen molar-refractivity contribution in [2.75, 3.05) is 26.2 Å². The van der Waals surface area contributed by atoms with Crippen LogP contribution in [0.5, 0.6) is 0 Å². The molecule has 134 valence electrons. The Hall–Kier alpha value is -2.34. The summed E-state index contributed by atoms with van der Waals surface area (Å²) in [6, 6.07) is 10.4. The minimum Gasteiger partial charge on any atom is -0.444 e. The molecule has 1 amide bonds. The van der Waals surface area contributed by atoms with Gasteiger partial charge < -0.3 is 9.64 Å². The third kappa shape index (κ3) is 4.82. The van der Waals surface area contributed by atoms with Gasteiger partial charge in [0.05, 0.1) is 5.69 Å². The van der Waals surface area contributed by atoms with E-state index in [2.05, 4.69) is 34.3 Å². The number of hydrogen-bond acceptors (Lipinski definition) is 4. The van der Waals surface area contributed by atoms with Gasteiger partial charge in [-0.15, -0.1) is 0 Å². The molecule has 6 nitrogen and oxygen atoms in total. The molecule has 0 spiro atoms. The fourth-order valence-corrected chi connectivity index (χ4v) is 2.85. The highest BCUT2D eigenvalue weighted by atomic mass is 16.6. The van der Waals surface area contributed by atoms with Crippen LogP contribution in [-0.2, 0) is 11.3 Å². The van der Waals surface area contributed by atoms with E-state index in [1.165, 1.54) is 5.56 Å². The zero-order valence-corrected chi connectivity index (χ0v) is 15.2. The second-order valence-electron chi connectivity index (χ2n) is 7.36. The van der Waals surface area contributed by atoms with Gasteiger partial charge in [-0.05, 0) is 44.5 Å². The Morgan fingerprint density at radius 2 is 1.80 bits per heavy atom. The molecular formula is C19H26N4O2. The molecule has 25 heavy (non-hydrogen) atoms. The first-order valence-corrected chi connectivity index (χ1v) is 8.70. The maximum absolute atomic E-state index is 12.1. The fraction of sp³-hybridized carbons (Fsp3) is 0.474. The van der Waals surface area contributed by atoms with E-state index in [1.807, 2.05) is 37.7 Å². The first-order chi connectivity index (χ1) is 11.9. The second kappa shape index (κ2) is 7.27. The van der Waals surface area contributed by atoms with Crippen molar-refractivity contribution in [1.29, 1.82) is 0 Å². The first kappa shape index (κ1) is 17.5. The molecule has 0 N–H and O–H groups in total. The summed E-state index contributed by atoms with van der Waals surface area (Å²) in [6.07, 6.45) is 3.50. The van der Waals surface area contributed by atoms with E-state index >= 15 is 0 Å². The number of piperazine rings is 1. The Morgan fingerprint density at radius 3 is 2.36 bits per heavy atom. The van der Waals surface area contributed by atoms with Crippen molar-refractivity contribution < 1.29 is 9.53 Å². The molecule has 0 aliphatic carbocycles. The molecule has 1 aromatic heterocycles. The molecule has 0 unspecified atom stereocenters. The first-order valence-electron chi connectivity index (χ1n) is 8.70. The number of hydrogen-bond donors (Lipinski definition) is 0. The minimum absolute atomic E-state index is 0.212. The number of aromatic nitrogens is 2. The van der Waals surface area contributed by atoms with Crippen molar-refractivity contribution in [3.8, 4) is 5.69 Å². The van der Waals surface area contributed by atoms with Gasteiger partial charge in [0, 0.05) is 45.1 Å². The summed E-state index contributed by atoms with van der Waals surface area (Å²) in [4.78, 5) is 16.3. The third-order valence-electron chi connectivity index (χ3n) is 4.14. The maximum atomic E-state index is 12.1. The number of carbonyl (C=O) groups is 1. The Balaban J connectivity index is 1.50. The standard InChI is InChI=1S/C19H26N4O2/c1-19(2,3)25-18(24)22-13-11-21(12-14-22)15-16-5-7-17(8-6-16)23-10-4-9-20-23/h4-10H,11-15H2,1-3H3. The molecular weight excluding hydrogens is 316 g/mol. The number of carbonyl (C=O) groups excluding carboxylic acids is 1. The maximum Gasteiger partial charge on any atom is 0.410 e. The Labute approximate surface area is 149 Å². The van der Waals surface area contributed by atoms with Crippen LogP contribution in [0.15, 0.2) is 42.7 Å². The molecule has 1 aliphatic rings. The normalized spacial score (nSPS) is 16.0. The van der Waals surface area contributed by atoms with Gasteiger partial charge in [-0.3, -0.25) is 4.90 Å². The molecule has 0 saturated carbocycles. The second-order valence-corrected chi connectivity index (χ2v) is 7.36. The molecule has 1 fully saturated rings. The number of benzene rings is 1. The zero-order valence-electron chi connectivity index (χ0n) is 15.2. The van der Waals surface area contributed by atoms with E-state index in [-0.39, 0.29) is 6.09 Å². The van der Waals surface area contributed by atoms with Crippen LogP contribution in [0.3, 0.4) is 0 Å². The lowest BCUT2D eigenvalue weighted by Gasteiger charge is -2.35. The van der Waals surface area contributed by atoms with Crippen molar-refractivity contribution in [2.45, 2.75) is 32.9 Å². The zero-order chi connectivity index (χ0) is 17.9. The highest BCUT2D eigenvalue weighted by Gasteiger charge is 2.25. The van der Waals surface area contributed by atoms with Crippen LogP contribution in [0.1, 0.15) is 26.3 Å². The van der Waals surface area contributed by atoms with Crippen molar-refractivity contribution >= 4 is 6.09 Å². The predicted octanol–water partition coefficient (Wildman–Crippen LogP) is 2.93. The number of rotatable bonds is 3. The summed E-state index contributed by atoms with van der Waals surface area (Å²) < 4.78 is 7.29. The molecule has 6 heteroatoms. The largest absolute Gasteiger partial charge is 0.444 e. The van der Waals surface area contributed by atoms with Gasteiger partial charge in [0.25, 0.3) is 0 Å². The van der Waals surface area contributed by atoms with Gasteiger partial charge in [-0.25, -0.2) is 9.48 Å². The Morgan fingerprint density at radius 1 is 1.12 bits per heavy atom. The molecule has 1 aliphatic heterocycles. The molecule has 3 rings (SSSR count). The SMILES string of the molecule is CC(C)(C)OC(=O)N1CCN(Cc2ccc(-n3cccn3)cc2)CC1. The molecule has 0 radical (unpaired) electrons. The van der Waals surface area contributed by atoms with Crippen molar-refractivity contribution in [2.24, 2.45) is 0 Å². The fourth-order valence-electron chi connectivity index (χ4n) is 2.85. The smallest absolute Gasteiger partial charge is 0.410 e. The van der Waals surface area contributed by atoms with Gasteiger partial charge in [0.2, 0.25) is 0 Å². The van der Waals surface area contributed by atoms with E-state index < -0.39 is 5.60 Å². The summed E-state index contributed by atoms with van der Waals surface area (Å²) in [7, 11) is 0. The van der Waals surface area contributed by atoms with Crippen molar-refractivity contribution in [3.63, 3.8) is 0 Å². The summed E-state index contributed by atoms with van der Waals surface area (Å²) in [5, 5.41) is 4.24. The average Bonchev–Trinajstić information content (AvgIpc) is 3.09. The summed E-state index contributed by atoms with van der Waals surface area (Å²) in [5.41, 5.74) is 1.88. The van der Waals surface area contributed by atoms with Gasteiger partial charge in [-0.2, -0.15) is 5.10 Å². The number of nitrogens with zero attached hydrogens (tertiary/aromatic N) is 4. The topological polar surface area (TPSA) is 50.6 Å². The number of amides is 1. The van der Waals surface area contributed by atoms with E-state index in [1.54, 1.807) is 11.1 Å². The molecule has 1 aromatic carbocycles. The van der Waals surface area contributed by atoms with Gasteiger partial charge in [-0.1, -0.05) is 12.1 Å². The monoisotopic (exact) mass is 342 g/mol. The molecule has 2 heterocycles. The van der Waals surface area contributed by atoms with Crippen LogP contribution in [-0.4, -0.2) is 57.5 Å². The van der Waals surface area contributed by atoms with Crippen LogP contribution in [0, 0.1) is 0 Å². The van der Waals surface area contributed by atoms with E-state index in [4.69, 9.17) is 4.74 Å².